The van der Waals surface area contributed by atoms with E-state index in [-0.39, 0.29) is 24.0 Å². The van der Waals surface area contributed by atoms with Crippen LogP contribution in [-0.4, -0.2) is 39.8 Å². The second-order valence-electron chi connectivity index (χ2n) is 5.73. The number of nitrogens with zero attached hydrogens (tertiary/aromatic N) is 1. The molecule has 0 heterocycles. The van der Waals surface area contributed by atoms with Crippen LogP contribution >= 0.6 is 24.0 Å². The van der Waals surface area contributed by atoms with E-state index in [4.69, 9.17) is 4.74 Å². The second kappa shape index (κ2) is 13.6. The van der Waals surface area contributed by atoms with Gasteiger partial charge in [0.05, 0.1) is 0 Å². The zero-order chi connectivity index (χ0) is 16.2. The molecule has 0 saturated carbocycles. The molecule has 0 aromatic heterocycles. The minimum atomic E-state index is 0. The predicted octanol–water partition coefficient (Wildman–Crippen LogP) is 3.45. The maximum atomic E-state index is 5.05. The highest BCUT2D eigenvalue weighted by molar-refractivity contribution is 14.0. The molecule has 0 amide bonds. The van der Waals surface area contributed by atoms with Crippen LogP contribution in [0.2, 0.25) is 0 Å². The molecule has 1 aromatic rings. The Balaban J connectivity index is 0.00000484. The molecule has 4 nitrogen and oxygen atoms in total. The maximum Gasteiger partial charge on any atom is 0.190 e. The summed E-state index contributed by atoms with van der Waals surface area (Å²) in [5, 5.41) is 6.73. The number of rotatable bonds is 9. The number of aryl methyl sites for hydroxylation is 2. The van der Waals surface area contributed by atoms with Gasteiger partial charge in [0, 0.05) is 33.9 Å². The highest BCUT2D eigenvalue weighted by Gasteiger charge is 1.99. The summed E-state index contributed by atoms with van der Waals surface area (Å²) < 4.78 is 5.05. The Labute approximate surface area is 158 Å². The van der Waals surface area contributed by atoms with Gasteiger partial charge in [-0.3, -0.25) is 4.99 Å². The van der Waals surface area contributed by atoms with Crippen molar-refractivity contribution in [3.05, 3.63) is 34.9 Å². The Bertz CT molecular complexity index is 443. The Hall–Kier alpha value is -0.820. The summed E-state index contributed by atoms with van der Waals surface area (Å²) in [5.74, 6) is 0.885. The van der Waals surface area contributed by atoms with E-state index in [9.17, 15) is 0 Å². The molecule has 1 aromatic carbocycles. The van der Waals surface area contributed by atoms with Gasteiger partial charge in [0.2, 0.25) is 0 Å². The van der Waals surface area contributed by atoms with Gasteiger partial charge in [0.1, 0.15) is 0 Å². The predicted molar refractivity (Wildman–Crippen MR) is 110 cm³/mol. The molecule has 132 valence electrons. The summed E-state index contributed by atoms with van der Waals surface area (Å²) in [6.07, 6.45) is 4.45. The third-order valence-corrected chi connectivity index (χ3v) is 3.53. The third-order valence-electron chi connectivity index (χ3n) is 3.53. The molecule has 0 unspecified atom stereocenters. The number of ether oxygens (including phenoxy) is 1. The molecular weight excluding hydrogens is 401 g/mol. The van der Waals surface area contributed by atoms with E-state index in [1.54, 1.807) is 7.11 Å². The van der Waals surface area contributed by atoms with E-state index in [0.29, 0.717) is 0 Å². The quantitative estimate of drug-likeness (QED) is 0.272. The molecule has 0 spiro atoms. The molecule has 0 aliphatic carbocycles. The van der Waals surface area contributed by atoms with E-state index < -0.39 is 0 Å². The SMILES string of the molecule is CN=C(NCCCCCOC)NCCc1cc(C)cc(C)c1.I. The fourth-order valence-corrected chi connectivity index (χ4v) is 2.51. The number of nitrogens with one attached hydrogen (secondary N) is 2. The normalized spacial score (nSPS) is 11.0. The van der Waals surface area contributed by atoms with Crippen LogP contribution < -0.4 is 10.6 Å². The summed E-state index contributed by atoms with van der Waals surface area (Å²) in [6.45, 7) is 6.99. The number of aliphatic imine (C=N–C) groups is 1. The van der Waals surface area contributed by atoms with Crippen molar-refractivity contribution in [3.63, 3.8) is 0 Å². The lowest BCUT2D eigenvalue weighted by Crippen LogP contribution is -2.38. The highest BCUT2D eigenvalue weighted by Crippen LogP contribution is 2.08. The number of unbranched alkanes of at least 4 members (excludes halogenated alkanes) is 2. The Morgan fingerprint density at radius 2 is 1.65 bits per heavy atom. The van der Waals surface area contributed by atoms with Gasteiger partial charge in [-0.2, -0.15) is 0 Å². The van der Waals surface area contributed by atoms with Gasteiger partial charge in [-0.15, -0.1) is 24.0 Å². The van der Waals surface area contributed by atoms with Gasteiger partial charge < -0.3 is 15.4 Å². The summed E-state index contributed by atoms with van der Waals surface area (Å²) in [4.78, 5) is 4.26. The molecule has 1 rings (SSSR count). The Kier molecular flexibility index (Phi) is 13.1. The van der Waals surface area contributed by atoms with Crippen LogP contribution in [0.3, 0.4) is 0 Å². The van der Waals surface area contributed by atoms with Crippen molar-refractivity contribution in [2.75, 3.05) is 33.9 Å². The first-order chi connectivity index (χ1) is 10.7. The minimum Gasteiger partial charge on any atom is -0.385 e. The molecule has 0 radical (unpaired) electrons. The van der Waals surface area contributed by atoms with Gasteiger partial charge in [-0.1, -0.05) is 29.3 Å². The fourth-order valence-electron chi connectivity index (χ4n) is 2.51. The summed E-state index contributed by atoms with van der Waals surface area (Å²) in [7, 11) is 3.57. The van der Waals surface area contributed by atoms with Gasteiger partial charge in [-0.05, 0) is 45.1 Å². The lowest BCUT2D eigenvalue weighted by atomic mass is 10.1. The second-order valence-corrected chi connectivity index (χ2v) is 5.73. The molecule has 0 aliphatic rings. The molecule has 0 atom stereocenters. The van der Waals surface area contributed by atoms with E-state index >= 15 is 0 Å². The molecule has 0 saturated heterocycles. The average Bonchev–Trinajstić information content (AvgIpc) is 2.48. The number of methoxy groups -OCH3 is 1. The largest absolute Gasteiger partial charge is 0.385 e. The van der Waals surface area contributed by atoms with Crippen molar-refractivity contribution in [2.45, 2.75) is 39.5 Å². The molecule has 5 heteroatoms. The van der Waals surface area contributed by atoms with E-state index in [1.165, 1.54) is 23.1 Å². The molecule has 23 heavy (non-hydrogen) atoms. The van der Waals surface area contributed by atoms with Crippen molar-refractivity contribution in [1.29, 1.82) is 0 Å². The van der Waals surface area contributed by atoms with Crippen LogP contribution in [0.25, 0.3) is 0 Å². The van der Waals surface area contributed by atoms with Crippen molar-refractivity contribution < 1.29 is 4.74 Å². The molecule has 0 aliphatic heterocycles. The minimum absolute atomic E-state index is 0. The van der Waals surface area contributed by atoms with Crippen LogP contribution in [0.1, 0.15) is 36.0 Å². The van der Waals surface area contributed by atoms with Crippen molar-refractivity contribution in [2.24, 2.45) is 4.99 Å². The Morgan fingerprint density at radius 3 is 2.26 bits per heavy atom. The van der Waals surface area contributed by atoms with E-state index in [1.807, 2.05) is 7.05 Å². The highest BCUT2D eigenvalue weighted by atomic mass is 127. The van der Waals surface area contributed by atoms with Crippen molar-refractivity contribution in [1.82, 2.24) is 10.6 Å². The lowest BCUT2D eigenvalue weighted by Gasteiger charge is -2.12. The van der Waals surface area contributed by atoms with E-state index in [0.717, 1.165) is 44.9 Å². The third kappa shape index (κ3) is 10.5. The fraction of sp³-hybridized carbons (Fsp3) is 0.611. The van der Waals surface area contributed by atoms with Crippen LogP contribution in [0.15, 0.2) is 23.2 Å². The first-order valence-electron chi connectivity index (χ1n) is 8.16. The van der Waals surface area contributed by atoms with Crippen LogP contribution in [0.4, 0.5) is 0 Å². The van der Waals surface area contributed by atoms with E-state index in [2.05, 4.69) is 47.7 Å². The molecule has 2 N–H and O–H groups in total. The molecule has 0 bridgehead atoms. The number of guanidine groups is 1. The average molecular weight is 433 g/mol. The van der Waals surface area contributed by atoms with Crippen LogP contribution in [0.5, 0.6) is 0 Å². The summed E-state index contributed by atoms with van der Waals surface area (Å²) in [5.41, 5.74) is 4.03. The number of halogens is 1. The first kappa shape index (κ1) is 22.2. The monoisotopic (exact) mass is 433 g/mol. The van der Waals surface area contributed by atoms with Gasteiger partial charge >= 0.3 is 0 Å². The number of hydrogen-bond acceptors (Lipinski definition) is 2. The first-order valence-corrected chi connectivity index (χ1v) is 8.16. The maximum absolute atomic E-state index is 5.05. The standard InChI is InChI=1S/C18H31N3O.HI/c1-15-12-16(2)14-17(13-15)8-10-21-18(19-3)20-9-6-5-7-11-22-4;/h12-14H,5-11H2,1-4H3,(H2,19,20,21);1H. The van der Waals surface area contributed by atoms with Gasteiger partial charge in [-0.25, -0.2) is 0 Å². The zero-order valence-electron chi connectivity index (χ0n) is 14.9. The lowest BCUT2D eigenvalue weighted by molar-refractivity contribution is 0.192. The van der Waals surface area contributed by atoms with Crippen molar-refractivity contribution in [3.8, 4) is 0 Å². The van der Waals surface area contributed by atoms with Crippen molar-refractivity contribution >= 4 is 29.9 Å². The van der Waals surface area contributed by atoms with Crippen LogP contribution in [0, 0.1) is 13.8 Å². The van der Waals surface area contributed by atoms with Crippen LogP contribution in [-0.2, 0) is 11.2 Å². The summed E-state index contributed by atoms with van der Waals surface area (Å²) in [6, 6.07) is 6.71. The number of hydrogen-bond donors (Lipinski definition) is 2. The van der Waals surface area contributed by atoms with Gasteiger partial charge in [0.25, 0.3) is 0 Å². The molecule has 0 fully saturated rings. The zero-order valence-corrected chi connectivity index (χ0v) is 17.3. The Morgan fingerprint density at radius 1 is 1.00 bits per heavy atom. The molecular formula is C18H32IN3O. The number of benzene rings is 1. The topological polar surface area (TPSA) is 45.7 Å². The summed E-state index contributed by atoms with van der Waals surface area (Å²) >= 11 is 0. The smallest absolute Gasteiger partial charge is 0.190 e. The van der Waals surface area contributed by atoms with Gasteiger partial charge in [0.15, 0.2) is 5.96 Å².